The third-order valence-electron chi connectivity index (χ3n) is 2.92. The molecule has 2 aromatic rings. The molecule has 27 heavy (non-hydrogen) atoms. The van der Waals surface area contributed by atoms with E-state index in [1.807, 2.05) is 36.4 Å². The lowest BCUT2D eigenvalue weighted by Crippen LogP contribution is -2.43. The molecule has 0 saturated carbocycles. The van der Waals surface area contributed by atoms with Crippen LogP contribution in [0.15, 0.2) is 56.4 Å². The lowest BCUT2D eigenvalue weighted by molar-refractivity contribution is 0.0561. The SMILES string of the molecule is CC(C)(C)OC(=O)N/C(=N\Sc1ccccc1)NCc1cnc(Cl)c(Br)c1. The number of nitrogens with one attached hydrogen (secondary N) is 2. The number of halogens is 2. The van der Waals surface area contributed by atoms with E-state index >= 15 is 0 Å². The molecule has 0 fully saturated rings. The van der Waals surface area contributed by atoms with Gasteiger partial charge in [-0.15, -0.1) is 0 Å². The first-order chi connectivity index (χ1) is 12.7. The number of hydrogen-bond acceptors (Lipinski definition) is 5. The molecule has 0 bridgehead atoms. The molecule has 1 amide bonds. The fourth-order valence-electron chi connectivity index (χ4n) is 1.82. The molecular weight excluding hydrogens is 452 g/mol. The van der Waals surface area contributed by atoms with E-state index in [4.69, 9.17) is 16.3 Å². The van der Waals surface area contributed by atoms with E-state index in [2.05, 4.69) is 35.9 Å². The molecule has 2 N–H and O–H groups in total. The van der Waals surface area contributed by atoms with Crippen LogP contribution in [0.4, 0.5) is 4.79 Å². The predicted octanol–water partition coefficient (Wildman–Crippen LogP) is 5.18. The topological polar surface area (TPSA) is 75.6 Å². The minimum Gasteiger partial charge on any atom is -0.444 e. The van der Waals surface area contributed by atoms with Gasteiger partial charge in [-0.3, -0.25) is 5.32 Å². The average molecular weight is 472 g/mol. The van der Waals surface area contributed by atoms with Crippen molar-refractivity contribution in [2.24, 2.45) is 4.40 Å². The minimum atomic E-state index is -0.604. The van der Waals surface area contributed by atoms with Gasteiger partial charge >= 0.3 is 6.09 Å². The molecular formula is C18H20BrClN4O2S. The highest BCUT2D eigenvalue weighted by Crippen LogP contribution is 2.21. The van der Waals surface area contributed by atoms with Crippen molar-refractivity contribution in [3.8, 4) is 0 Å². The van der Waals surface area contributed by atoms with Crippen LogP contribution in [0.1, 0.15) is 26.3 Å². The van der Waals surface area contributed by atoms with Crippen molar-refractivity contribution in [2.45, 2.75) is 37.8 Å². The summed E-state index contributed by atoms with van der Waals surface area (Å²) >= 11 is 10.5. The molecule has 9 heteroatoms. The normalized spacial score (nSPS) is 11.8. The molecule has 2 rings (SSSR count). The lowest BCUT2D eigenvalue weighted by atomic mass is 10.2. The number of nitrogens with zero attached hydrogens (tertiary/aromatic N) is 2. The monoisotopic (exact) mass is 470 g/mol. The Kier molecular flexibility index (Phi) is 7.94. The predicted molar refractivity (Wildman–Crippen MR) is 113 cm³/mol. The fourth-order valence-corrected chi connectivity index (χ4v) is 2.91. The summed E-state index contributed by atoms with van der Waals surface area (Å²) in [5.41, 5.74) is 0.266. The Labute approximate surface area is 176 Å². The van der Waals surface area contributed by atoms with Crippen LogP contribution in [0.25, 0.3) is 0 Å². The Balaban J connectivity index is 2.07. The molecule has 1 aromatic carbocycles. The Hall–Kier alpha value is -1.77. The summed E-state index contributed by atoms with van der Waals surface area (Å²) in [6.07, 6.45) is 1.06. The number of guanidine groups is 1. The lowest BCUT2D eigenvalue weighted by Gasteiger charge is -2.20. The van der Waals surface area contributed by atoms with E-state index in [1.165, 1.54) is 11.9 Å². The van der Waals surface area contributed by atoms with E-state index in [0.717, 1.165) is 10.5 Å². The van der Waals surface area contributed by atoms with Gasteiger partial charge in [-0.25, -0.2) is 9.78 Å². The summed E-state index contributed by atoms with van der Waals surface area (Å²) in [6.45, 7) is 5.79. The summed E-state index contributed by atoms with van der Waals surface area (Å²) < 4.78 is 10.4. The van der Waals surface area contributed by atoms with Crippen molar-refractivity contribution in [3.63, 3.8) is 0 Å². The maximum Gasteiger partial charge on any atom is 0.414 e. The third-order valence-corrected chi connectivity index (χ3v) is 4.81. The van der Waals surface area contributed by atoms with Crippen LogP contribution < -0.4 is 10.6 Å². The first-order valence-electron chi connectivity index (χ1n) is 8.07. The average Bonchev–Trinajstić information content (AvgIpc) is 2.59. The van der Waals surface area contributed by atoms with E-state index < -0.39 is 11.7 Å². The maximum atomic E-state index is 12.1. The summed E-state index contributed by atoms with van der Waals surface area (Å²) in [5, 5.41) is 6.11. The summed E-state index contributed by atoms with van der Waals surface area (Å²) in [6, 6.07) is 11.5. The molecule has 0 atom stereocenters. The smallest absolute Gasteiger partial charge is 0.414 e. The second-order valence-electron chi connectivity index (χ2n) is 6.44. The van der Waals surface area contributed by atoms with Crippen LogP contribution in [0, 0.1) is 0 Å². The van der Waals surface area contributed by atoms with Gasteiger partial charge in [-0.1, -0.05) is 29.8 Å². The Morgan fingerprint density at radius 3 is 2.67 bits per heavy atom. The zero-order valence-corrected chi connectivity index (χ0v) is 18.3. The van der Waals surface area contributed by atoms with Crippen molar-refractivity contribution in [1.82, 2.24) is 15.6 Å². The molecule has 1 heterocycles. The summed E-state index contributed by atoms with van der Waals surface area (Å²) in [5.74, 6) is 0.282. The minimum absolute atomic E-state index is 0.282. The highest BCUT2D eigenvalue weighted by atomic mass is 79.9. The van der Waals surface area contributed by atoms with Gasteiger partial charge in [-0.2, -0.15) is 4.40 Å². The molecule has 0 unspecified atom stereocenters. The number of pyridine rings is 1. The van der Waals surface area contributed by atoms with E-state index in [1.54, 1.807) is 27.0 Å². The number of ether oxygens (including phenoxy) is 1. The van der Waals surface area contributed by atoms with Crippen LogP contribution in [-0.2, 0) is 11.3 Å². The molecule has 6 nitrogen and oxygen atoms in total. The van der Waals surface area contributed by atoms with Crippen LogP contribution in [-0.4, -0.2) is 22.6 Å². The number of aromatic nitrogens is 1. The van der Waals surface area contributed by atoms with Crippen LogP contribution >= 0.6 is 39.5 Å². The Morgan fingerprint density at radius 1 is 1.33 bits per heavy atom. The Bertz CT molecular complexity index is 813. The van der Waals surface area contributed by atoms with Crippen molar-refractivity contribution in [3.05, 3.63) is 57.8 Å². The number of carbonyl (C=O) groups is 1. The molecule has 1 aromatic heterocycles. The third kappa shape index (κ3) is 8.19. The maximum absolute atomic E-state index is 12.1. The van der Waals surface area contributed by atoms with Crippen molar-refractivity contribution < 1.29 is 9.53 Å². The second-order valence-corrected chi connectivity index (χ2v) is 8.49. The van der Waals surface area contributed by atoms with Gasteiger partial charge in [0, 0.05) is 29.6 Å². The van der Waals surface area contributed by atoms with Gasteiger partial charge in [-0.05, 0) is 60.5 Å². The van der Waals surface area contributed by atoms with Crippen molar-refractivity contribution in [2.75, 3.05) is 0 Å². The number of alkyl carbamates (subject to hydrolysis) is 1. The van der Waals surface area contributed by atoms with Gasteiger partial charge in [0.15, 0.2) is 0 Å². The van der Waals surface area contributed by atoms with Crippen LogP contribution in [0.3, 0.4) is 0 Å². The zero-order chi connectivity index (χ0) is 19.9. The highest BCUT2D eigenvalue weighted by Gasteiger charge is 2.17. The first-order valence-corrected chi connectivity index (χ1v) is 10.0. The van der Waals surface area contributed by atoms with Crippen molar-refractivity contribution in [1.29, 1.82) is 0 Å². The summed E-state index contributed by atoms with van der Waals surface area (Å²) in [4.78, 5) is 17.1. The Morgan fingerprint density at radius 2 is 2.04 bits per heavy atom. The zero-order valence-electron chi connectivity index (χ0n) is 15.1. The quantitative estimate of drug-likeness (QED) is 0.278. The molecule has 0 aliphatic rings. The van der Waals surface area contributed by atoms with E-state index in [9.17, 15) is 4.79 Å². The second kappa shape index (κ2) is 9.96. The molecule has 0 aliphatic heterocycles. The molecule has 0 saturated heterocycles. The van der Waals surface area contributed by atoms with Gasteiger partial charge in [0.25, 0.3) is 0 Å². The largest absolute Gasteiger partial charge is 0.444 e. The summed E-state index contributed by atoms with van der Waals surface area (Å²) in [7, 11) is 0. The van der Waals surface area contributed by atoms with E-state index in [-0.39, 0.29) is 5.96 Å². The van der Waals surface area contributed by atoms with Gasteiger partial charge in [0.05, 0.1) is 4.47 Å². The first kappa shape index (κ1) is 21.5. The van der Waals surface area contributed by atoms with Crippen molar-refractivity contribution >= 4 is 51.5 Å². The number of amides is 1. The standard InChI is InChI=1S/C18H20BrClN4O2S/c1-18(2,3)26-17(25)23-16(24-27-13-7-5-4-6-8-13)22-11-12-9-14(19)15(20)21-10-12/h4-10H,11H2,1-3H3,(H2,22,23,24,25). The number of benzene rings is 1. The van der Waals surface area contributed by atoms with Crippen LogP contribution in [0.5, 0.6) is 0 Å². The number of rotatable bonds is 4. The van der Waals surface area contributed by atoms with E-state index in [0.29, 0.717) is 16.2 Å². The van der Waals surface area contributed by atoms with Crippen LogP contribution in [0.2, 0.25) is 5.15 Å². The molecule has 0 aliphatic carbocycles. The van der Waals surface area contributed by atoms with Gasteiger partial charge < -0.3 is 10.1 Å². The van der Waals surface area contributed by atoms with Gasteiger partial charge in [0.2, 0.25) is 5.96 Å². The fraction of sp³-hybridized carbons (Fsp3) is 0.278. The number of hydrogen-bond donors (Lipinski definition) is 2. The number of carbonyl (C=O) groups excluding carboxylic acids is 1. The molecule has 0 spiro atoms. The molecule has 0 radical (unpaired) electrons. The molecule has 144 valence electrons. The highest BCUT2D eigenvalue weighted by molar-refractivity contribution is 9.10. The van der Waals surface area contributed by atoms with Gasteiger partial charge in [0.1, 0.15) is 10.8 Å².